The Kier molecular flexibility index (Phi) is 6.90. The Labute approximate surface area is 160 Å². The van der Waals surface area contributed by atoms with Gasteiger partial charge in [-0.1, -0.05) is 6.92 Å². The van der Waals surface area contributed by atoms with Crippen LogP contribution in [-0.4, -0.2) is 46.6 Å². The van der Waals surface area contributed by atoms with Crippen molar-refractivity contribution in [1.29, 1.82) is 0 Å². The lowest BCUT2D eigenvalue weighted by molar-refractivity contribution is 0.0915. The highest BCUT2D eigenvalue weighted by atomic mass is 35.5. The van der Waals surface area contributed by atoms with Crippen molar-refractivity contribution in [1.82, 2.24) is 15.4 Å². The number of amides is 1. The number of benzene rings is 1. The number of sulfonamides is 1. The second kappa shape index (κ2) is 8.56. The monoisotopic (exact) mass is 403 g/mol. The van der Waals surface area contributed by atoms with Crippen LogP contribution in [0, 0.1) is 5.92 Å². The minimum Gasteiger partial charge on any atom is -0.495 e. The molecule has 2 unspecified atom stereocenters. The van der Waals surface area contributed by atoms with Crippen LogP contribution in [0.15, 0.2) is 23.1 Å². The van der Waals surface area contributed by atoms with Crippen LogP contribution in [0.2, 0.25) is 0 Å². The molecule has 7 nitrogen and oxygen atoms in total. The second-order valence-electron chi connectivity index (χ2n) is 6.81. The number of carbonyl (C=O) groups is 1. The minimum absolute atomic E-state index is 0. The van der Waals surface area contributed by atoms with Crippen molar-refractivity contribution >= 4 is 28.3 Å². The average Bonchev–Trinajstić information content (AvgIpc) is 3.39. The predicted octanol–water partition coefficient (Wildman–Crippen LogP) is 1.29. The van der Waals surface area contributed by atoms with E-state index in [4.69, 9.17) is 4.74 Å². The SMILES string of the molecule is COc1ccc(C(=O)NC2CNCCC2C)cc1S(=O)(=O)NC1CC1.Cl. The van der Waals surface area contributed by atoms with E-state index in [1.807, 2.05) is 0 Å². The Balaban J connectivity index is 0.00000243. The van der Waals surface area contributed by atoms with Gasteiger partial charge in [-0.05, 0) is 49.9 Å². The van der Waals surface area contributed by atoms with Crippen LogP contribution >= 0.6 is 12.4 Å². The number of hydrogen-bond donors (Lipinski definition) is 3. The molecule has 1 aliphatic heterocycles. The maximum Gasteiger partial charge on any atom is 0.251 e. The summed E-state index contributed by atoms with van der Waals surface area (Å²) in [7, 11) is -2.29. The molecule has 0 spiro atoms. The molecular formula is C17H26ClN3O4S. The molecule has 1 aliphatic carbocycles. The van der Waals surface area contributed by atoms with Crippen LogP contribution in [0.4, 0.5) is 0 Å². The maximum absolute atomic E-state index is 12.6. The molecule has 3 rings (SSSR count). The average molecular weight is 404 g/mol. The van der Waals surface area contributed by atoms with Gasteiger partial charge in [0.1, 0.15) is 10.6 Å². The second-order valence-corrected chi connectivity index (χ2v) is 8.49. The van der Waals surface area contributed by atoms with Gasteiger partial charge in [-0.15, -0.1) is 12.4 Å². The van der Waals surface area contributed by atoms with E-state index < -0.39 is 10.0 Å². The Morgan fingerprint density at radius 2 is 2.00 bits per heavy atom. The van der Waals surface area contributed by atoms with Crippen LogP contribution in [0.3, 0.4) is 0 Å². The number of methoxy groups -OCH3 is 1. The van der Waals surface area contributed by atoms with Crippen molar-refractivity contribution in [2.24, 2.45) is 5.92 Å². The smallest absolute Gasteiger partial charge is 0.251 e. The van der Waals surface area contributed by atoms with E-state index in [1.165, 1.54) is 19.2 Å². The summed E-state index contributed by atoms with van der Waals surface area (Å²) in [6, 6.07) is 4.53. The number of carbonyl (C=O) groups excluding carboxylic acids is 1. The molecule has 0 bridgehead atoms. The molecule has 2 atom stereocenters. The zero-order valence-electron chi connectivity index (χ0n) is 14.9. The molecule has 0 aromatic heterocycles. The Hall–Kier alpha value is -1.35. The summed E-state index contributed by atoms with van der Waals surface area (Å²) in [4.78, 5) is 12.6. The molecule has 1 aromatic rings. The highest BCUT2D eigenvalue weighted by Crippen LogP contribution is 2.28. The maximum atomic E-state index is 12.6. The van der Waals surface area contributed by atoms with Crippen LogP contribution in [-0.2, 0) is 10.0 Å². The first-order valence-corrected chi connectivity index (χ1v) is 10.1. The van der Waals surface area contributed by atoms with Crippen molar-refractivity contribution in [3.63, 3.8) is 0 Å². The number of piperidine rings is 1. The van der Waals surface area contributed by atoms with Crippen LogP contribution in [0.25, 0.3) is 0 Å². The van der Waals surface area contributed by atoms with Gasteiger partial charge in [-0.3, -0.25) is 4.79 Å². The molecule has 26 heavy (non-hydrogen) atoms. The van der Waals surface area contributed by atoms with E-state index >= 15 is 0 Å². The Morgan fingerprint density at radius 1 is 1.27 bits per heavy atom. The lowest BCUT2D eigenvalue weighted by Gasteiger charge is -2.30. The first kappa shape index (κ1) is 21.0. The number of nitrogens with one attached hydrogen (secondary N) is 3. The van der Waals surface area contributed by atoms with E-state index in [0.717, 1.165) is 32.4 Å². The summed E-state index contributed by atoms with van der Waals surface area (Å²) < 4.78 is 32.9. The van der Waals surface area contributed by atoms with Gasteiger partial charge >= 0.3 is 0 Å². The molecule has 3 N–H and O–H groups in total. The topological polar surface area (TPSA) is 96.5 Å². The van der Waals surface area contributed by atoms with Gasteiger partial charge in [0, 0.05) is 24.2 Å². The molecule has 9 heteroatoms. The fourth-order valence-corrected chi connectivity index (χ4v) is 4.45. The van der Waals surface area contributed by atoms with Crippen LogP contribution in [0.5, 0.6) is 5.75 Å². The van der Waals surface area contributed by atoms with Crippen molar-refractivity contribution in [3.05, 3.63) is 23.8 Å². The van der Waals surface area contributed by atoms with Crippen molar-refractivity contribution in [2.45, 2.75) is 43.2 Å². The molecule has 2 aliphatic rings. The third-order valence-corrected chi connectivity index (χ3v) is 6.30. The molecule has 2 fully saturated rings. The summed E-state index contributed by atoms with van der Waals surface area (Å²) in [5.41, 5.74) is 0.315. The molecule has 146 valence electrons. The summed E-state index contributed by atoms with van der Waals surface area (Å²) in [6.07, 6.45) is 2.68. The normalized spacial score (nSPS) is 23.0. The van der Waals surface area contributed by atoms with Gasteiger partial charge in [0.25, 0.3) is 5.91 Å². The standard InChI is InChI=1S/C17H25N3O4S.ClH/c1-11-7-8-18-10-14(11)19-17(21)12-3-6-15(24-2)16(9-12)25(22,23)20-13-4-5-13;/h3,6,9,11,13-14,18,20H,4-5,7-8,10H2,1-2H3,(H,19,21);1H. The molecule has 1 aromatic carbocycles. The summed E-state index contributed by atoms with van der Waals surface area (Å²) >= 11 is 0. The molecule has 1 heterocycles. The van der Waals surface area contributed by atoms with Gasteiger partial charge in [-0.25, -0.2) is 13.1 Å². The van der Waals surface area contributed by atoms with E-state index in [2.05, 4.69) is 22.3 Å². The fourth-order valence-electron chi connectivity index (χ4n) is 2.95. The third-order valence-electron chi connectivity index (χ3n) is 4.76. The summed E-state index contributed by atoms with van der Waals surface area (Å²) in [6.45, 7) is 3.78. The predicted molar refractivity (Wildman–Crippen MR) is 101 cm³/mol. The third kappa shape index (κ3) is 4.88. The highest BCUT2D eigenvalue weighted by Gasteiger charge is 2.31. The van der Waals surface area contributed by atoms with Gasteiger partial charge in [0.2, 0.25) is 10.0 Å². The number of ether oxygens (including phenoxy) is 1. The van der Waals surface area contributed by atoms with Crippen LogP contribution < -0.4 is 20.1 Å². The first-order valence-electron chi connectivity index (χ1n) is 8.62. The molecule has 1 saturated heterocycles. The number of rotatable bonds is 6. The van der Waals surface area contributed by atoms with Crippen molar-refractivity contribution in [2.75, 3.05) is 20.2 Å². The first-order chi connectivity index (χ1) is 11.9. The number of hydrogen-bond acceptors (Lipinski definition) is 5. The van der Waals surface area contributed by atoms with Crippen molar-refractivity contribution < 1.29 is 17.9 Å². The molecular weight excluding hydrogens is 378 g/mol. The summed E-state index contributed by atoms with van der Waals surface area (Å²) in [5.74, 6) is 0.340. The van der Waals surface area contributed by atoms with E-state index in [-0.39, 0.29) is 41.0 Å². The Bertz CT molecular complexity index is 752. The fraction of sp³-hybridized carbons (Fsp3) is 0.588. The van der Waals surface area contributed by atoms with Gasteiger partial charge in [-0.2, -0.15) is 0 Å². The van der Waals surface area contributed by atoms with Crippen molar-refractivity contribution in [3.8, 4) is 5.75 Å². The zero-order valence-corrected chi connectivity index (χ0v) is 16.6. The van der Waals surface area contributed by atoms with E-state index in [1.54, 1.807) is 6.07 Å². The summed E-state index contributed by atoms with van der Waals surface area (Å²) in [5, 5.41) is 6.26. The molecule has 1 amide bonds. The van der Waals surface area contributed by atoms with Gasteiger partial charge < -0.3 is 15.4 Å². The number of halogens is 1. The molecule has 1 saturated carbocycles. The van der Waals surface area contributed by atoms with Gasteiger partial charge in [0.15, 0.2) is 0 Å². The lowest BCUT2D eigenvalue weighted by atomic mass is 9.94. The quantitative estimate of drug-likeness (QED) is 0.665. The molecule has 0 radical (unpaired) electrons. The zero-order chi connectivity index (χ0) is 18.0. The lowest BCUT2D eigenvalue weighted by Crippen LogP contribution is -2.50. The van der Waals surface area contributed by atoms with Crippen LogP contribution in [0.1, 0.15) is 36.5 Å². The largest absolute Gasteiger partial charge is 0.495 e. The minimum atomic E-state index is -3.71. The Morgan fingerprint density at radius 3 is 2.62 bits per heavy atom. The highest BCUT2D eigenvalue weighted by molar-refractivity contribution is 7.89. The van der Waals surface area contributed by atoms with Gasteiger partial charge in [0.05, 0.1) is 7.11 Å². The van der Waals surface area contributed by atoms with E-state index in [0.29, 0.717) is 11.5 Å². The van der Waals surface area contributed by atoms with E-state index in [9.17, 15) is 13.2 Å².